The predicted molar refractivity (Wildman–Crippen MR) is 188 cm³/mol. The topological polar surface area (TPSA) is 121 Å². The Morgan fingerprint density at radius 1 is 0.740 bits per heavy atom. The Kier molecular flexibility index (Phi) is 9.23. The van der Waals surface area contributed by atoms with Crippen molar-refractivity contribution < 1.29 is 28.8 Å². The van der Waals surface area contributed by atoms with E-state index in [-0.39, 0.29) is 6.61 Å². The normalized spacial score (nSPS) is 18.9. The maximum atomic E-state index is 13.1. The highest BCUT2D eigenvalue weighted by molar-refractivity contribution is 5.88. The van der Waals surface area contributed by atoms with Crippen molar-refractivity contribution in [3.05, 3.63) is 171 Å². The smallest absolute Gasteiger partial charge is 0.330 e. The van der Waals surface area contributed by atoms with E-state index < -0.39 is 41.4 Å². The van der Waals surface area contributed by atoms with Crippen LogP contribution in [0.5, 0.6) is 17.2 Å². The average molecular weight is 673 g/mol. The molecule has 1 aliphatic rings. The lowest BCUT2D eigenvalue weighted by Crippen LogP contribution is -2.42. The number of H-pyrrole nitrogens is 1. The third-order valence-corrected chi connectivity index (χ3v) is 9.09. The van der Waals surface area contributed by atoms with Gasteiger partial charge in [0.2, 0.25) is 0 Å². The van der Waals surface area contributed by atoms with E-state index in [0.717, 1.165) is 27.5 Å². The van der Waals surface area contributed by atoms with Crippen LogP contribution in [0, 0.1) is 0 Å². The molecule has 10 nitrogen and oxygen atoms in total. The summed E-state index contributed by atoms with van der Waals surface area (Å²) in [5.74, 6) is 1.88. The molecule has 0 saturated carbocycles. The van der Waals surface area contributed by atoms with E-state index in [2.05, 4.69) is 4.98 Å². The van der Waals surface area contributed by atoms with E-state index in [1.165, 1.54) is 16.8 Å². The number of ether oxygens (including phenoxy) is 5. The Morgan fingerprint density at radius 2 is 1.34 bits per heavy atom. The van der Waals surface area contributed by atoms with Gasteiger partial charge in [0, 0.05) is 17.6 Å². The summed E-state index contributed by atoms with van der Waals surface area (Å²) < 4.78 is 32.1. The third-order valence-electron chi connectivity index (χ3n) is 9.09. The summed E-state index contributed by atoms with van der Waals surface area (Å²) in [7, 11) is 3.22. The number of aromatic amines is 1. The molecule has 1 fully saturated rings. The molecule has 254 valence electrons. The first-order valence-electron chi connectivity index (χ1n) is 16.2. The highest BCUT2D eigenvalue weighted by Crippen LogP contribution is 2.43. The van der Waals surface area contributed by atoms with Gasteiger partial charge >= 0.3 is 5.69 Å². The van der Waals surface area contributed by atoms with Crippen molar-refractivity contribution in [1.29, 1.82) is 0 Å². The van der Waals surface area contributed by atoms with Crippen molar-refractivity contribution in [2.75, 3.05) is 20.8 Å². The van der Waals surface area contributed by atoms with Crippen LogP contribution in [0.4, 0.5) is 0 Å². The zero-order chi connectivity index (χ0) is 34.7. The summed E-state index contributed by atoms with van der Waals surface area (Å²) in [6.45, 7) is -0.113. The molecule has 0 aliphatic carbocycles. The molecule has 2 N–H and O–H groups in total. The Hall–Kier alpha value is -5.68. The first kappa shape index (κ1) is 32.8. The second-order valence-electron chi connectivity index (χ2n) is 11.9. The lowest BCUT2D eigenvalue weighted by molar-refractivity contribution is -0.0955. The summed E-state index contributed by atoms with van der Waals surface area (Å²) >= 11 is 0. The van der Waals surface area contributed by atoms with Crippen molar-refractivity contribution in [3.8, 4) is 17.2 Å². The van der Waals surface area contributed by atoms with Crippen LogP contribution in [0.25, 0.3) is 10.8 Å². The Bertz CT molecular complexity index is 2130. The minimum absolute atomic E-state index is 0.113. The van der Waals surface area contributed by atoms with Crippen LogP contribution in [-0.4, -0.2) is 53.8 Å². The minimum atomic E-state index is -1.25. The molecule has 0 spiro atoms. The molecule has 1 aliphatic heterocycles. The van der Waals surface area contributed by atoms with Crippen molar-refractivity contribution in [2.24, 2.45) is 0 Å². The summed E-state index contributed by atoms with van der Waals surface area (Å²) in [6.07, 6.45) is -3.03. The summed E-state index contributed by atoms with van der Waals surface area (Å²) in [4.78, 5) is 27.3. The number of rotatable bonds is 11. The van der Waals surface area contributed by atoms with E-state index in [4.69, 9.17) is 23.7 Å². The molecule has 0 amide bonds. The number of methoxy groups -OCH3 is 2. The molecule has 1 saturated heterocycles. The van der Waals surface area contributed by atoms with Gasteiger partial charge in [0.25, 0.3) is 5.56 Å². The van der Waals surface area contributed by atoms with E-state index >= 15 is 0 Å². The fourth-order valence-electron chi connectivity index (χ4n) is 6.56. The standard InChI is InChI=1S/C40H36N2O8/c1-46-30-19-15-28(16-20-30)40(27-11-4-3-5-12-27,29-17-21-31(47-2)22-18-29)48-25-34-36(44)37(38(50-34)42-24-23-35(43)41-39(42)45)49-33-14-8-10-26-9-6-7-13-32(26)33/h3-24,34,36-38,44H,25H2,1-2H3,(H,41,43,45)/t34-,36+,37?,38-/m1/s1. The van der Waals surface area contributed by atoms with Crippen LogP contribution in [0.2, 0.25) is 0 Å². The highest BCUT2D eigenvalue weighted by Gasteiger charge is 2.49. The Labute approximate surface area is 288 Å². The van der Waals surface area contributed by atoms with Crippen molar-refractivity contribution in [2.45, 2.75) is 30.1 Å². The number of fused-ring (bicyclic) bond motifs is 1. The first-order valence-corrected chi connectivity index (χ1v) is 16.2. The van der Waals surface area contributed by atoms with Gasteiger partial charge in [-0.05, 0) is 52.4 Å². The molecule has 0 bridgehead atoms. The average Bonchev–Trinajstić information content (AvgIpc) is 3.46. The SMILES string of the molecule is COc1ccc(C(OC[C@H]2O[C@@H](n3ccc(=O)[nH]c3=O)C(Oc3cccc4ccccc34)[C@H]2O)(c2ccccc2)c2ccc(OC)cc2)cc1. The van der Waals surface area contributed by atoms with Gasteiger partial charge in [-0.25, -0.2) is 4.79 Å². The molecule has 1 aromatic heterocycles. The van der Waals surface area contributed by atoms with Crippen LogP contribution in [0.1, 0.15) is 22.9 Å². The van der Waals surface area contributed by atoms with E-state index in [1.54, 1.807) is 20.3 Å². The number of hydrogen-bond acceptors (Lipinski definition) is 8. The van der Waals surface area contributed by atoms with Crippen LogP contribution >= 0.6 is 0 Å². The summed E-state index contributed by atoms with van der Waals surface area (Å²) in [5.41, 5.74) is 0.0145. The molecule has 0 radical (unpaired) electrons. The van der Waals surface area contributed by atoms with E-state index in [9.17, 15) is 14.7 Å². The molecule has 50 heavy (non-hydrogen) atoms. The summed E-state index contributed by atoms with van der Waals surface area (Å²) in [6, 6.07) is 39.6. The number of nitrogens with zero attached hydrogens (tertiary/aromatic N) is 1. The van der Waals surface area contributed by atoms with Gasteiger partial charge in [-0.2, -0.15) is 0 Å². The van der Waals surface area contributed by atoms with Crippen LogP contribution < -0.4 is 25.5 Å². The second kappa shape index (κ2) is 14.0. The maximum absolute atomic E-state index is 13.1. The molecule has 5 aromatic carbocycles. The Morgan fingerprint density at radius 3 is 1.98 bits per heavy atom. The quantitative estimate of drug-likeness (QED) is 0.175. The molecular formula is C40H36N2O8. The lowest BCUT2D eigenvalue weighted by Gasteiger charge is -2.37. The monoisotopic (exact) mass is 672 g/mol. The second-order valence-corrected chi connectivity index (χ2v) is 11.9. The zero-order valence-corrected chi connectivity index (χ0v) is 27.5. The lowest BCUT2D eigenvalue weighted by atomic mass is 9.80. The molecule has 10 heteroatoms. The van der Waals surface area contributed by atoms with Gasteiger partial charge in [0.1, 0.15) is 35.1 Å². The molecule has 1 unspecified atom stereocenters. The van der Waals surface area contributed by atoms with Crippen molar-refractivity contribution >= 4 is 10.8 Å². The largest absolute Gasteiger partial charge is 0.497 e. The fourth-order valence-corrected chi connectivity index (χ4v) is 6.56. The molecule has 2 heterocycles. The number of nitrogens with one attached hydrogen (secondary N) is 1. The van der Waals surface area contributed by atoms with Gasteiger partial charge in [-0.3, -0.25) is 14.3 Å². The van der Waals surface area contributed by atoms with Gasteiger partial charge in [0.15, 0.2) is 12.3 Å². The maximum Gasteiger partial charge on any atom is 0.330 e. The van der Waals surface area contributed by atoms with Crippen molar-refractivity contribution in [3.63, 3.8) is 0 Å². The highest BCUT2D eigenvalue weighted by atomic mass is 16.6. The number of aliphatic hydroxyl groups is 1. The minimum Gasteiger partial charge on any atom is -0.497 e. The number of benzene rings is 5. The van der Waals surface area contributed by atoms with Gasteiger partial charge in [-0.15, -0.1) is 0 Å². The number of aromatic nitrogens is 2. The number of aliphatic hydroxyl groups excluding tert-OH is 1. The third kappa shape index (κ3) is 6.16. The van der Waals surface area contributed by atoms with E-state index in [0.29, 0.717) is 17.2 Å². The van der Waals surface area contributed by atoms with Crippen LogP contribution in [0.15, 0.2) is 143 Å². The predicted octanol–water partition coefficient (Wildman–Crippen LogP) is 5.42. The summed E-state index contributed by atoms with van der Waals surface area (Å²) in [5, 5.41) is 13.7. The zero-order valence-electron chi connectivity index (χ0n) is 27.5. The van der Waals surface area contributed by atoms with Crippen LogP contribution in [-0.2, 0) is 15.1 Å². The van der Waals surface area contributed by atoms with Gasteiger partial charge in [-0.1, -0.05) is 91.0 Å². The van der Waals surface area contributed by atoms with Crippen molar-refractivity contribution in [1.82, 2.24) is 9.55 Å². The fraction of sp³-hybridized carbons (Fsp3) is 0.200. The molecule has 6 aromatic rings. The van der Waals surface area contributed by atoms with Gasteiger partial charge in [0.05, 0.1) is 20.8 Å². The van der Waals surface area contributed by atoms with Crippen LogP contribution in [0.3, 0.4) is 0 Å². The molecule has 7 rings (SSSR count). The first-order chi connectivity index (χ1) is 24.4. The van der Waals surface area contributed by atoms with E-state index in [1.807, 2.05) is 115 Å². The molecular weight excluding hydrogens is 636 g/mol. The molecule has 4 atom stereocenters. The number of hydrogen-bond donors (Lipinski definition) is 2. The Balaban J connectivity index is 1.30. The van der Waals surface area contributed by atoms with Gasteiger partial charge < -0.3 is 28.8 Å².